The number of benzene rings is 2. The van der Waals surface area contributed by atoms with Gasteiger partial charge in [-0.2, -0.15) is 0 Å². The second-order valence-corrected chi connectivity index (χ2v) is 5.45. The van der Waals surface area contributed by atoms with E-state index in [1.807, 2.05) is 37.3 Å². The third-order valence-corrected chi connectivity index (χ3v) is 3.57. The molecule has 0 bridgehead atoms. The fourth-order valence-electron chi connectivity index (χ4n) is 2.03. The average Bonchev–Trinajstić information content (AvgIpc) is 2.47. The molecule has 0 heterocycles. The van der Waals surface area contributed by atoms with Crippen molar-refractivity contribution in [1.82, 2.24) is 0 Å². The van der Waals surface area contributed by atoms with Crippen LogP contribution in [0.5, 0.6) is 11.5 Å². The number of hydrogen-bond donors (Lipinski definition) is 0. The molecule has 0 fully saturated rings. The first-order chi connectivity index (χ1) is 10.1. The average molecular weight is 300 g/mol. The summed E-state index contributed by atoms with van der Waals surface area (Å²) in [5, 5.41) is 0.592. The molecule has 110 valence electrons. The molecule has 0 aliphatic carbocycles. The van der Waals surface area contributed by atoms with Crippen LogP contribution in [0.3, 0.4) is 0 Å². The van der Waals surface area contributed by atoms with Crippen molar-refractivity contribution >= 4 is 17.3 Å². The monoisotopic (exact) mass is 300 g/mol. The molecule has 0 aliphatic heterocycles. The number of rotatable bonds is 5. The first kappa shape index (κ1) is 15.5. The van der Waals surface area contributed by atoms with E-state index in [4.69, 9.17) is 21.7 Å². The zero-order valence-corrected chi connectivity index (χ0v) is 13.5. The Morgan fingerprint density at radius 3 is 2.52 bits per heavy atom. The highest BCUT2D eigenvalue weighted by Gasteiger charge is 2.07. The van der Waals surface area contributed by atoms with Crippen molar-refractivity contribution in [3.05, 3.63) is 59.2 Å². The molecule has 2 aromatic carbocycles. The van der Waals surface area contributed by atoms with Crippen LogP contribution in [0.15, 0.2) is 42.5 Å². The first-order valence-electron chi connectivity index (χ1n) is 7.08. The smallest absolute Gasteiger partial charge is 0.167 e. The van der Waals surface area contributed by atoms with Crippen molar-refractivity contribution in [3.8, 4) is 11.5 Å². The molecule has 2 aromatic rings. The molecule has 0 saturated heterocycles. The summed E-state index contributed by atoms with van der Waals surface area (Å²) < 4.78 is 11.6. The molecule has 0 amide bonds. The maximum absolute atomic E-state index is 5.91. The Morgan fingerprint density at radius 1 is 1.05 bits per heavy atom. The van der Waals surface area contributed by atoms with Gasteiger partial charge in [-0.05, 0) is 43.8 Å². The number of ether oxygens (including phenoxy) is 2. The van der Waals surface area contributed by atoms with Crippen LogP contribution in [0.25, 0.3) is 0 Å². The molecule has 0 aliphatic rings. The van der Waals surface area contributed by atoms with Gasteiger partial charge in [-0.3, -0.25) is 0 Å². The maximum atomic E-state index is 5.91. The lowest BCUT2D eigenvalue weighted by Gasteiger charge is -2.13. The Bertz CT molecular complexity index is 635. The van der Waals surface area contributed by atoms with E-state index in [1.165, 1.54) is 5.56 Å². The molecule has 0 radical (unpaired) electrons. The minimum Gasteiger partial charge on any atom is -0.488 e. The van der Waals surface area contributed by atoms with Crippen LogP contribution < -0.4 is 9.47 Å². The predicted molar refractivity (Wildman–Crippen MR) is 90.2 cm³/mol. The van der Waals surface area contributed by atoms with Crippen LogP contribution in [0, 0.1) is 13.8 Å². The normalized spacial score (nSPS) is 10.2. The largest absolute Gasteiger partial charge is 0.488 e. The van der Waals surface area contributed by atoms with Crippen LogP contribution in [0.1, 0.15) is 30.0 Å². The van der Waals surface area contributed by atoms with Gasteiger partial charge in [0.15, 0.2) is 5.05 Å². The molecule has 0 atom stereocenters. The van der Waals surface area contributed by atoms with Gasteiger partial charge in [0.25, 0.3) is 0 Å². The molecule has 3 heteroatoms. The van der Waals surface area contributed by atoms with E-state index in [0.29, 0.717) is 11.7 Å². The summed E-state index contributed by atoms with van der Waals surface area (Å²) in [5.41, 5.74) is 3.36. The summed E-state index contributed by atoms with van der Waals surface area (Å²) in [6, 6.07) is 14.0. The highest BCUT2D eigenvalue weighted by Crippen LogP contribution is 2.24. The van der Waals surface area contributed by atoms with Crippen LogP contribution >= 0.6 is 12.2 Å². The van der Waals surface area contributed by atoms with Gasteiger partial charge in [0.2, 0.25) is 0 Å². The van der Waals surface area contributed by atoms with Crippen molar-refractivity contribution in [1.29, 1.82) is 0 Å². The Hall–Kier alpha value is -1.87. The van der Waals surface area contributed by atoms with E-state index in [1.54, 1.807) is 0 Å². The van der Waals surface area contributed by atoms with Crippen molar-refractivity contribution in [2.45, 2.75) is 33.8 Å². The molecular weight excluding hydrogens is 280 g/mol. The standard InChI is InChI=1S/C18H20O2S/c1-4-18(21)20-17-8-6-5-7-15(17)12-19-16-10-9-13(2)11-14(16)3/h5-11H,4,12H2,1-3H3. The van der Waals surface area contributed by atoms with Gasteiger partial charge in [-0.25, -0.2) is 0 Å². The first-order valence-corrected chi connectivity index (χ1v) is 7.49. The zero-order valence-electron chi connectivity index (χ0n) is 12.7. The Morgan fingerprint density at radius 2 is 1.81 bits per heavy atom. The van der Waals surface area contributed by atoms with E-state index in [9.17, 15) is 0 Å². The van der Waals surface area contributed by atoms with E-state index < -0.39 is 0 Å². The molecule has 0 aromatic heterocycles. The molecule has 2 rings (SSSR count). The van der Waals surface area contributed by atoms with Crippen LogP contribution in [-0.4, -0.2) is 5.05 Å². The molecule has 0 spiro atoms. The van der Waals surface area contributed by atoms with Crippen molar-refractivity contribution < 1.29 is 9.47 Å². The van der Waals surface area contributed by atoms with E-state index in [2.05, 4.69) is 26.0 Å². The van der Waals surface area contributed by atoms with Gasteiger partial charge in [0, 0.05) is 12.0 Å². The summed E-state index contributed by atoms with van der Waals surface area (Å²) in [5.74, 6) is 1.67. The highest BCUT2D eigenvalue weighted by molar-refractivity contribution is 7.80. The fourth-order valence-corrected chi connectivity index (χ4v) is 2.12. The maximum Gasteiger partial charge on any atom is 0.167 e. The van der Waals surface area contributed by atoms with Crippen molar-refractivity contribution in [3.63, 3.8) is 0 Å². The lowest BCUT2D eigenvalue weighted by atomic mass is 10.1. The van der Waals surface area contributed by atoms with Gasteiger partial charge in [-0.1, -0.05) is 42.8 Å². The molecule has 0 saturated carbocycles. The summed E-state index contributed by atoms with van der Waals surface area (Å²) in [6.07, 6.45) is 0.724. The lowest BCUT2D eigenvalue weighted by molar-refractivity contribution is 0.300. The van der Waals surface area contributed by atoms with Gasteiger partial charge < -0.3 is 9.47 Å². The predicted octanol–water partition coefficient (Wildman–Crippen LogP) is 5.00. The minimum absolute atomic E-state index is 0.465. The van der Waals surface area contributed by atoms with Crippen LogP contribution in [-0.2, 0) is 6.61 Å². The summed E-state index contributed by atoms with van der Waals surface area (Å²) in [6.45, 7) is 6.58. The summed E-state index contributed by atoms with van der Waals surface area (Å²) in [4.78, 5) is 0. The number of para-hydroxylation sites is 1. The lowest BCUT2D eigenvalue weighted by Crippen LogP contribution is -2.06. The second kappa shape index (κ2) is 7.23. The third kappa shape index (κ3) is 4.30. The Balaban J connectivity index is 2.11. The topological polar surface area (TPSA) is 18.5 Å². The molecule has 2 nitrogen and oxygen atoms in total. The van der Waals surface area contributed by atoms with E-state index in [0.717, 1.165) is 29.0 Å². The second-order valence-electron chi connectivity index (χ2n) is 4.99. The number of hydrogen-bond acceptors (Lipinski definition) is 3. The Labute approximate surface area is 131 Å². The van der Waals surface area contributed by atoms with Gasteiger partial charge >= 0.3 is 0 Å². The minimum atomic E-state index is 0.465. The van der Waals surface area contributed by atoms with Gasteiger partial charge in [0.05, 0.1) is 0 Å². The highest BCUT2D eigenvalue weighted by atomic mass is 32.1. The van der Waals surface area contributed by atoms with Crippen molar-refractivity contribution in [2.24, 2.45) is 0 Å². The summed E-state index contributed by atoms with van der Waals surface area (Å²) >= 11 is 5.15. The van der Waals surface area contributed by atoms with Gasteiger partial charge in [-0.15, -0.1) is 0 Å². The molecular formula is C18H20O2S. The molecule has 0 unspecified atom stereocenters. The zero-order chi connectivity index (χ0) is 15.2. The van der Waals surface area contributed by atoms with Gasteiger partial charge in [0.1, 0.15) is 18.1 Å². The van der Waals surface area contributed by atoms with E-state index in [-0.39, 0.29) is 0 Å². The molecule has 21 heavy (non-hydrogen) atoms. The summed E-state index contributed by atoms with van der Waals surface area (Å²) in [7, 11) is 0. The van der Waals surface area contributed by atoms with Crippen molar-refractivity contribution in [2.75, 3.05) is 0 Å². The third-order valence-electron chi connectivity index (χ3n) is 3.20. The SMILES string of the molecule is CCC(=S)Oc1ccccc1COc1ccc(C)cc1C. The number of thiocarbonyl (C=S) groups is 1. The Kier molecular flexibility index (Phi) is 5.34. The van der Waals surface area contributed by atoms with E-state index >= 15 is 0 Å². The molecule has 0 N–H and O–H groups in total. The van der Waals surface area contributed by atoms with Crippen LogP contribution in [0.4, 0.5) is 0 Å². The number of aryl methyl sites for hydroxylation is 2. The van der Waals surface area contributed by atoms with Crippen LogP contribution in [0.2, 0.25) is 0 Å². The quantitative estimate of drug-likeness (QED) is 0.724. The fraction of sp³-hybridized carbons (Fsp3) is 0.278.